The number of halogens is 1. The van der Waals surface area contributed by atoms with Gasteiger partial charge in [0.25, 0.3) is 11.7 Å². The molecule has 3 aromatic carbocycles. The topological polar surface area (TPSA) is 169 Å². The number of aromatic nitrogens is 5. The number of nitrogens with one attached hydrogen (secondary N) is 3. The summed E-state index contributed by atoms with van der Waals surface area (Å²) in [7, 11) is 0. The number of piperazine rings is 1. The summed E-state index contributed by atoms with van der Waals surface area (Å²) < 4.78 is 21.7. The van der Waals surface area contributed by atoms with E-state index in [1.165, 1.54) is 6.33 Å². The van der Waals surface area contributed by atoms with Crippen molar-refractivity contribution in [3.63, 3.8) is 0 Å². The lowest BCUT2D eigenvalue weighted by molar-refractivity contribution is -0.120. The highest BCUT2D eigenvalue weighted by molar-refractivity contribution is 6.12. The Kier molecular flexibility index (Phi) is 8.85. The van der Waals surface area contributed by atoms with Crippen molar-refractivity contribution in [2.75, 3.05) is 60.5 Å². The van der Waals surface area contributed by atoms with Gasteiger partial charge in [0, 0.05) is 97.2 Å². The second kappa shape index (κ2) is 14.1. The highest BCUT2D eigenvalue weighted by atomic mass is 19.1. The summed E-state index contributed by atoms with van der Waals surface area (Å²) in [6.07, 6.45) is 3.66. The van der Waals surface area contributed by atoms with E-state index in [0.717, 1.165) is 85.5 Å². The average molecular weight is 798 g/mol. The molecule has 3 N–H and O–H groups in total. The molecule has 0 unspecified atom stereocenters. The largest absolute Gasteiger partial charge is 0.369 e. The first-order chi connectivity index (χ1) is 28.5. The number of aromatic amines is 1. The lowest BCUT2D eigenvalue weighted by atomic mass is 9.96. The Bertz CT molecular complexity index is 2640. The van der Waals surface area contributed by atoms with Gasteiger partial charge in [-0.15, -0.1) is 0 Å². The van der Waals surface area contributed by atoms with Crippen LogP contribution in [0.3, 0.4) is 0 Å². The molecule has 4 aliphatic rings. The molecule has 3 aromatic heterocycles. The van der Waals surface area contributed by atoms with E-state index in [9.17, 15) is 14.4 Å². The van der Waals surface area contributed by atoms with E-state index < -0.39 is 17.8 Å². The number of H-pyrrole nitrogens is 1. The number of nitrogens with zero attached hydrogens (tertiary/aromatic N) is 8. The Hall–Kier alpha value is -6.42. The number of imide groups is 1. The minimum Gasteiger partial charge on any atom is -0.369 e. The van der Waals surface area contributed by atoms with Crippen LogP contribution in [0.2, 0.25) is 0 Å². The number of carbonyl (C=O) groups excluding carboxylic acids is 3. The first kappa shape index (κ1) is 36.9. The molecule has 4 amide bonds. The van der Waals surface area contributed by atoms with Gasteiger partial charge in [-0.25, -0.2) is 19.2 Å². The summed E-state index contributed by atoms with van der Waals surface area (Å²) in [6, 6.07) is 17.4. The Morgan fingerprint density at radius 1 is 0.949 bits per heavy atom. The normalized spacial score (nSPS) is 18.9. The fraction of sp³-hybridized carbons (Fsp3) is 0.372. The summed E-state index contributed by atoms with van der Waals surface area (Å²) in [5.41, 5.74) is 6.32. The van der Waals surface area contributed by atoms with Gasteiger partial charge in [-0.05, 0) is 80.3 Å². The van der Waals surface area contributed by atoms with Crippen molar-refractivity contribution in [2.45, 2.75) is 57.5 Å². The Morgan fingerprint density at radius 3 is 2.44 bits per heavy atom. The number of anilines is 3. The van der Waals surface area contributed by atoms with Crippen LogP contribution in [-0.2, 0) is 10.2 Å². The van der Waals surface area contributed by atoms with E-state index in [4.69, 9.17) is 4.52 Å². The summed E-state index contributed by atoms with van der Waals surface area (Å²) in [6.45, 7) is 11.5. The van der Waals surface area contributed by atoms with Crippen molar-refractivity contribution >= 4 is 56.8 Å². The number of benzene rings is 3. The molecule has 3 aliphatic heterocycles. The van der Waals surface area contributed by atoms with Gasteiger partial charge in [0.1, 0.15) is 17.8 Å². The maximum absolute atomic E-state index is 16.3. The zero-order valence-electron chi connectivity index (χ0n) is 33.1. The number of rotatable bonds is 9. The second-order valence-electron chi connectivity index (χ2n) is 16.5. The summed E-state index contributed by atoms with van der Waals surface area (Å²) in [4.78, 5) is 62.5. The molecule has 6 heterocycles. The van der Waals surface area contributed by atoms with Crippen LogP contribution < -0.4 is 25.3 Å². The third kappa shape index (κ3) is 6.60. The molecule has 10 rings (SSSR count). The Morgan fingerprint density at radius 2 is 1.69 bits per heavy atom. The van der Waals surface area contributed by atoms with Crippen molar-refractivity contribution in [3.8, 4) is 11.3 Å². The van der Waals surface area contributed by atoms with Gasteiger partial charge >= 0.3 is 6.03 Å². The van der Waals surface area contributed by atoms with Crippen molar-refractivity contribution in [1.29, 1.82) is 0 Å². The monoisotopic (exact) mass is 797 g/mol. The lowest BCUT2D eigenvalue weighted by Gasteiger charge is -2.49. The quantitative estimate of drug-likeness (QED) is 0.166. The smallest absolute Gasteiger partial charge is 0.328 e. The number of carbonyl (C=O) groups is 3. The molecule has 6 aromatic rings. The first-order valence-electron chi connectivity index (χ1n) is 20.2. The van der Waals surface area contributed by atoms with Crippen LogP contribution in [0, 0.1) is 12.7 Å². The minimum atomic E-state index is -0.511. The van der Waals surface area contributed by atoms with Gasteiger partial charge in [-0.2, -0.15) is 4.98 Å². The molecule has 0 spiro atoms. The zero-order chi connectivity index (χ0) is 40.6. The van der Waals surface area contributed by atoms with Crippen LogP contribution in [-0.4, -0.2) is 99.7 Å². The van der Waals surface area contributed by atoms with Crippen LogP contribution in [0.15, 0.2) is 65.4 Å². The minimum absolute atomic E-state index is 0.0299. The van der Waals surface area contributed by atoms with Crippen LogP contribution in [0.4, 0.5) is 26.2 Å². The highest BCUT2D eigenvalue weighted by Crippen LogP contribution is 2.46. The fourth-order valence-corrected chi connectivity index (χ4v) is 8.67. The molecule has 0 radical (unpaired) electrons. The Balaban J connectivity index is 0.788. The number of urea groups is 1. The van der Waals surface area contributed by atoms with Crippen LogP contribution in [0.5, 0.6) is 0 Å². The van der Waals surface area contributed by atoms with Gasteiger partial charge in [0.05, 0.1) is 17.1 Å². The molecule has 59 heavy (non-hydrogen) atoms. The van der Waals surface area contributed by atoms with Crippen LogP contribution in [0.1, 0.15) is 66.8 Å². The lowest BCUT2D eigenvalue weighted by Crippen LogP contribution is -2.63. The molecule has 302 valence electrons. The van der Waals surface area contributed by atoms with Crippen LogP contribution >= 0.6 is 0 Å². The maximum atomic E-state index is 16.3. The number of fused-ring (bicyclic) bond motifs is 3. The fourth-order valence-electron chi connectivity index (χ4n) is 8.67. The van der Waals surface area contributed by atoms with E-state index >= 15 is 4.39 Å². The molecule has 0 bridgehead atoms. The molecule has 15 nitrogen and oxygen atoms in total. The molecule has 1 atom stereocenters. The van der Waals surface area contributed by atoms with Crippen molar-refractivity contribution in [3.05, 3.63) is 89.6 Å². The molecular formula is C43H44FN11O4. The molecule has 4 fully saturated rings. The van der Waals surface area contributed by atoms with Gasteiger partial charge in [0.15, 0.2) is 0 Å². The van der Waals surface area contributed by atoms with E-state index in [1.54, 1.807) is 24.8 Å². The summed E-state index contributed by atoms with van der Waals surface area (Å²) in [5, 5.41) is 10.8. The third-order valence-corrected chi connectivity index (χ3v) is 12.7. The van der Waals surface area contributed by atoms with Crippen molar-refractivity contribution in [1.82, 2.24) is 40.6 Å². The molecule has 16 heteroatoms. The van der Waals surface area contributed by atoms with Gasteiger partial charge in [-0.1, -0.05) is 24.2 Å². The van der Waals surface area contributed by atoms with E-state index in [-0.39, 0.29) is 23.2 Å². The van der Waals surface area contributed by atoms with E-state index in [2.05, 4.69) is 68.6 Å². The molecule has 1 aliphatic carbocycles. The summed E-state index contributed by atoms with van der Waals surface area (Å²) in [5.74, 6) is -0.683. The number of hydrogen-bond acceptors (Lipinski definition) is 11. The van der Waals surface area contributed by atoms with Gasteiger partial charge in [-0.3, -0.25) is 24.7 Å². The van der Waals surface area contributed by atoms with E-state index in [1.807, 2.05) is 37.3 Å². The van der Waals surface area contributed by atoms with E-state index in [0.29, 0.717) is 52.9 Å². The van der Waals surface area contributed by atoms with Crippen molar-refractivity contribution in [2.24, 2.45) is 0 Å². The van der Waals surface area contributed by atoms with Gasteiger partial charge in [0.2, 0.25) is 11.8 Å². The van der Waals surface area contributed by atoms with Crippen LogP contribution in [0.25, 0.3) is 33.2 Å². The standard InChI is InChI=1S/C43H44FN11O4/c1-24-30(25(2)47-40(57)39-50-41(59-51-39)43(3)13-14-43)10-11-32(36(24)44)37-35-31-9-8-28(20-33(31)48-38(35)46-23-45-37)52-16-18-53(19-17-52)29-21-54(22-29)26-4-6-27(7-5-26)55-15-12-34(56)49-42(55)58/h4-11,20,23,25,29H,12-19,21-22H2,1-3H3,(H,47,57)(H,45,46,48)(H,49,56,58)/t25-/m1/s1. The SMILES string of the molecule is Cc1c([C@@H](C)NC(=O)c2noc(C3(C)CC3)n2)ccc(-c2ncnc3[nH]c4cc(N5CCN(C6CN(c7ccc(N8CCC(=O)NC8=O)cc7)C6)CC5)ccc4c23)c1F. The number of amides is 4. The molecular weight excluding hydrogens is 754 g/mol. The predicted molar refractivity (Wildman–Crippen MR) is 220 cm³/mol. The Labute approximate surface area is 338 Å². The summed E-state index contributed by atoms with van der Waals surface area (Å²) >= 11 is 0. The van der Waals surface area contributed by atoms with Gasteiger partial charge < -0.3 is 24.6 Å². The maximum Gasteiger partial charge on any atom is 0.328 e. The predicted octanol–water partition coefficient (Wildman–Crippen LogP) is 5.61. The number of hydrogen-bond donors (Lipinski definition) is 3. The third-order valence-electron chi connectivity index (χ3n) is 12.7. The molecule has 3 saturated heterocycles. The second-order valence-corrected chi connectivity index (χ2v) is 16.5. The molecule has 1 saturated carbocycles. The zero-order valence-corrected chi connectivity index (χ0v) is 33.1. The average Bonchev–Trinajstić information content (AvgIpc) is 3.59. The highest BCUT2D eigenvalue weighted by Gasteiger charge is 2.45. The first-order valence-corrected chi connectivity index (χ1v) is 20.2. The van der Waals surface area contributed by atoms with Crippen molar-refractivity contribution < 1.29 is 23.3 Å².